The Kier molecular flexibility index (Phi) is 3.62. The monoisotopic (exact) mass is 293 g/mol. The summed E-state index contributed by atoms with van der Waals surface area (Å²) in [7, 11) is 0. The van der Waals surface area contributed by atoms with E-state index < -0.39 is 0 Å². The molecule has 1 aliphatic rings. The van der Waals surface area contributed by atoms with Crippen LogP contribution < -0.4 is 15.4 Å². The Balaban J connectivity index is 2.06. The van der Waals surface area contributed by atoms with Crippen molar-refractivity contribution in [3.63, 3.8) is 0 Å². The van der Waals surface area contributed by atoms with E-state index in [0.29, 0.717) is 29.4 Å². The second-order valence-electron chi connectivity index (χ2n) is 4.80. The number of hydrogen-bond acceptors (Lipinski definition) is 4. The van der Waals surface area contributed by atoms with Crippen molar-refractivity contribution in [1.29, 1.82) is 0 Å². The molecule has 2 aromatic rings. The molecule has 0 bridgehead atoms. The fraction of sp³-hybridized carbons (Fsp3) is 0.0588. The quantitative estimate of drug-likeness (QED) is 0.536. The highest BCUT2D eigenvalue weighted by Crippen LogP contribution is 2.37. The molecular weight excluding hydrogens is 278 g/mol. The van der Waals surface area contributed by atoms with Crippen LogP contribution in [0.15, 0.2) is 61.0 Å². The highest BCUT2D eigenvalue weighted by molar-refractivity contribution is 6.10. The molecule has 2 heterocycles. The number of fused-ring (bicyclic) bond motifs is 1. The molecule has 1 amide bonds. The molecule has 0 atom stereocenters. The van der Waals surface area contributed by atoms with E-state index in [9.17, 15) is 4.79 Å². The normalized spacial score (nSPS) is 15.4. The van der Waals surface area contributed by atoms with Crippen LogP contribution in [0.5, 0.6) is 5.75 Å². The minimum absolute atomic E-state index is 0.207. The SMILES string of the molecule is C=CCN1C(=O)/C(=C\c2ccccn2)Oc2cc(N)ccc21. The number of carbonyl (C=O) groups is 1. The number of nitrogens with zero attached hydrogens (tertiary/aromatic N) is 2. The van der Waals surface area contributed by atoms with E-state index >= 15 is 0 Å². The molecule has 22 heavy (non-hydrogen) atoms. The van der Waals surface area contributed by atoms with Crippen LogP contribution in [0.2, 0.25) is 0 Å². The molecule has 0 saturated heterocycles. The maximum absolute atomic E-state index is 12.6. The van der Waals surface area contributed by atoms with Crippen molar-refractivity contribution in [2.24, 2.45) is 0 Å². The molecule has 1 aromatic heterocycles. The molecule has 0 aliphatic carbocycles. The average molecular weight is 293 g/mol. The zero-order valence-electron chi connectivity index (χ0n) is 11.9. The summed E-state index contributed by atoms with van der Waals surface area (Å²) < 4.78 is 5.72. The molecule has 110 valence electrons. The topological polar surface area (TPSA) is 68.5 Å². The predicted octanol–water partition coefficient (Wildman–Crippen LogP) is 2.62. The second-order valence-corrected chi connectivity index (χ2v) is 4.80. The summed E-state index contributed by atoms with van der Waals surface area (Å²) in [5, 5.41) is 0. The van der Waals surface area contributed by atoms with Gasteiger partial charge in [-0.2, -0.15) is 0 Å². The first-order valence-electron chi connectivity index (χ1n) is 6.82. The molecule has 0 saturated carbocycles. The van der Waals surface area contributed by atoms with E-state index in [0.717, 1.165) is 0 Å². The van der Waals surface area contributed by atoms with Gasteiger partial charge in [0.25, 0.3) is 5.91 Å². The molecule has 2 N–H and O–H groups in total. The van der Waals surface area contributed by atoms with Gasteiger partial charge in [-0.3, -0.25) is 14.7 Å². The third kappa shape index (κ3) is 2.56. The fourth-order valence-corrected chi connectivity index (χ4v) is 2.24. The fourth-order valence-electron chi connectivity index (χ4n) is 2.24. The van der Waals surface area contributed by atoms with Crippen LogP contribution in [-0.2, 0) is 4.79 Å². The van der Waals surface area contributed by atoms with Gasteiger partial charge in [0.15, 0.2) is 11.5 Å². The molecule has 0 spiro atoms. The van der Waals surface area contributed by atoms with Crippen molar-refractivity contribution in [2.45, 2.75) is 0 Å². The van der Waals surface area contributed by atoms with Crippen LogP contribution in [0.25, 0.3) is 6.08 Å². The molecule has 3 rings (SSSR count). The molecule has 5 nitrogen and oxygen atoms in total. The lowest BCUT2D eigenvalue weighted by atomic mass is 10.2. The number of carbonyl (C=O) groups excluding carboxylic acids is 1. The van der Waals surface area contributed by atoms with E-state index in [2.05, 4.69) is 11.6 Å². The lowest BCUT2D eigenvalue weighted by Crippen LogP contribution is -2.37. The zero-order chi connectivity index (χ0) is 15.5. The Morgan fingerprint density at radius 3 is 2.91 bits per heavy atom. The average Bonchev–Trinajstić information content (AvgIpc) is 2.52. The Morgan fingerprint density at radius 2 is 2.18 bits per heavy atom. The molecule has 1 aliphatic heterocycles. The number of nitrogens with two attached hydrogens (primary N) is 1. The zero-order valence-corrected chi connectivity index (χ0v) is 11.9. The maximum atomic E-state index is 12.6. The third-order valence-electron chi connectivity index (χ3n) is 3.23. The molecule has 0 unspecified atom stereocenters. The van der Waals surface area contributed by atoms with Crippen molar-refractivity contribution >= 4 is 23.4 Å². The van der Waals surface area contributed by atoms with Crippen molar-refractivity contribution in [1.82, 2.24) is 4.98 Å². The number of nitrogen functional groups attached to an aromatic ring is 1. The summed E-state index contributed by atoms with van der Waals surface area (Å²) in [5.74, 6) is 0.519. The van der Waals surface area contributed by atoms with E-state index in [-0.39, 0.29) is 11.7 Å². The number of anilines is 2. The van der Waals surface area contributed by atoms with Crippen molar-refractivity contribution < 1.29 is 9.53 Å². The Hall–Kier alpha value is -3.08. The predicted molar refractivity (Wildman–Crippen MR) is 86.2 cm³/mol. The van der Waals surface area contributed by atoms with Crippen LogP contribution in [0.1, 0.15) is 5.69 Å². The number of rotatable bonds is 3. The van der Waals surface area contributed by atoms with Gasteiger partial charge in [-0.15, -0.1) is 6.58 Å². The number of hydrogen-bond donors (Lipinski definition) is 1. The number of aromatic nitrogens is 1. The number of ether oxygens (including phenoxy) is 1. The standard InChI is InChI=1S/C17H15N3O2/c1-2-9-20-14-7-6-12(18)10-15(14)22-16(17(20)21)11-13-5-3-4-8-19-13/h2-8,10-11H,1,9,18H2/b16-11+. The van der Waals surface area contributed by atoms with Gasteiger partial charge in [-0.25, -0.2) is 0 Å². The smallest absolute Gasteiger partial charge is 0.294 e. The van der Waals surface area contributed by atoms with Gasteiger partial charge < -0.3 is 10.5 Å². The van der Waals surface area contributed by atoms with Gasteiger partial charge in [0.1, 0.15) is 0 Å². The lowest BCUT2D eigenvalue weighted by molar-refractivity contribution is -0.117. The number of pyridine rings is 1. The maximum Gasteiger partial charge on any atom is 0.294 e. The van der Waals surface area contributed by atoms with Gasteiger partial charge in [0.2, 0.25) is 0 Å². The summed E-state index contributed by atoms with van der Waals surface area (Å²) in [4.78, 5) is 18.4. The third-order valence-corrected chi connectivity index (χ3v) is 3.23. The van der Waals surface area contributed by atoms with Crippen molar-refractivity contribution in [3.8, 4) is 5.75 Å². The highest BCUT2D eigenvalue weighted by Gasteiger charge is 2.29. The second kappa shape index (κ2) is 5.73. The van der Waals surface area contributed by atoms with E-state index in [4.69, 9.17) is 10.5 Å². The molecule has 0 radical (unpaired) electrons. The largest absolute Gasteiger partial charge is 0.449 e. The van der Waals surface area contributed by atoms with Gasteiger partial charge >= 0.3 is 0 Å². The first kappa shape index (κ1) is 13.9. The van der Waals surface area contributed by atoms with E-state index in [1.165, 1.54) is 0 Å². The Bertz CT molecular complexity index is 754. The Labute approximate surface area is 128 Å². The minimum Gasteiger partial charge on any atom is -0.449 e. The van der Waals surface area contributed by atoms with Gasteiger partial charge in [-0.1, -0.05) is 12.1 Å². The van der Waals surface area contributed by atoms with Crippen LogP contribution in [0.3, 0.4) is 0 Å². The minimum atomic E-state index is -0.233. The Morgan fingerprint density at radius 1 is 1.32 bits per heavy atom. The number of amides is 1. The molecular formula is C17H15N3O2. The van der Waals surface area contributed by atoms with E-state index in [1.807, 2.05) is 12.1 Å². The van der Waals surface area contributed by atoms with Gasteiger partial charge in [0.05, 0.1) is 11.4 Å². The molecule has 0 fully saturated rings. The van der Waals surface area contributed by atoms with Crippen molar-refractivity contribution in [2.75, 3.05) is 17.2 Å². The van der Waals surface area contributed by atoms with Crippen LogP contribution in [0.4, 0.5) is 11.4 Å². The lowest BCUT2D eigenvalue weighted by Gasteiger charge is -2.29. The summed E-state index contributed by atoms with van der Waals surface area (Å²) in [6, 6.07) is 10.7. The van der Waals surface area contributed by atoms with Crippen LogP contribution >= 0.6 is 0 Å². The summed E-state index contributed by atoms with van der Waals surface area (Å²) in [5.41, 5.74) is 7.70. The van der Waals surface area contributed by atoms with Crippen molar-refractivity contribution in [3.05, 3.63) is 66.7 Å². The summed E-state index contributed by atoms with van der Waals surface area (Å²) in [6.45, 7) is 4.09. The van der Waals surface area contributed by atoms with E-state index in [1.54, 1.807) is 47.5 Å². The molecule has 1 aromatic carbocycles. The van der Waals surface area contributed by atoms with Gasteiger partial charge in [-0.05, 0) is 24.3 Å². The highest BCUT2D eigenvalue weighted by atomic mass is 16.5. The number of benzene rings is 1. The first-order chi connectivity index (χ1) is 10.7. The first-order valence-corrected chi connectivity index (χ1v) is 6.82. The van der Waals surface area contributed by atoms with Crippen LogP contribution in [-0.4, -0.2) is 17.4 Å². The summed E-state index contributed by atoms with van der Waals surface area (Å²) >= 11 is 0. The molecule has 5 heteroatoms. The summed E-state index contributed by atoms with van der Waals surface area (Å²) in [6.07, 6.45) is 4.94. The van der Waals surface area contributed by atoms with Gasteiger partial charge in [0, 0.05) is 30.6 Å². The van der Waals surface area contributed by atoms with Crippen LogP contribution in [0, 0.1) is 0 Å².